The Hall–Kier alpha value is -0.860. The lowest BCUT2D eigenvalue weighted by molar-refractivity contribution is 0.0822. The zero-order valence-electron chi connectivity index (χ0n) is 11.6. The van der Waals surface area contributed by atoms with Gasteiger partial charge >= 0.3 is 0 Å². The van der Waals surface area contributed by atoms with Crippen molar-refractivity contribution in [3.8, 4) is 0 Å². The molecule has 0 heterocycles. The normalized spacial score (nSPS) is 28.6. The summed E-state index contributed by atoms with van der Waals surface area (Å²) in [6, 6.07) is 10.8. The van der Waals surface area contributed by atoms with Crippen molar-refractivity contribution in [3.05, 3.63) is 35.9 Å². The maximum atomic E-state index is 9.78. The van der Waals surface area contributed by atoms with Crippen molar-refractivity contribution in [3.63, 3.8) is 0 Å². The van der Waals surface area contributed by atoms with E-state index in [4.69, 9.17) is 0 Å². The molecule has 2 unspecified atom stereocenters. The van der Waals surface area contributed by atoms with Crippen LogP contribution in [0.3, 0.4) is 0 Å². The number of hydrogen-bond donors (Lipinski definition) is 1. The molecule has 2 nitrogen and oxygen atoms in total. The highest BCUT2D eigenvalue weighted by molar-refractivity contribution is 5.28. The van der Waals surface area contributed by atoms with Crippen LogP contribution in [0, 0.1) is 5.92 Å². The molecule has 1 aromatic rings. The summed E-state index contributed by atoms with van der Waals surface area (Å²) in [6.45, 7) is 1.34. The van der Waals surface area contributed by atoms with Crippen molar-refractivity contribution in [2.75, 3.05) is 27.2 Å². The van der Waals surface area contributed by atoms with Gasteiger partial charge in [0.1, 0.15) is 0 Å². The van der Waals surface area contributed by atoms with Gasteiger partial charge in [0.05, 0.1) is 0 Å². The summed E-state index contributed by atoms with van der Waals surface area (Å²) < 4.78 is 0. The topological polar surface area (TPSA) is 23.5 Å². The molecule has 18 heavy (non-hydrogen) atoms. The van der Waals surface area contributed by atoms with Crippen molar-refractivity contribution in [2.45, 2.75) is 31.1 Å². The van der Waals surface area contributed by atoms with Gasteiger partial charge in [-0.1, -0.05) is 43.2 Å². The van der Waals surface area contributed by atoms with Gasteiger partial charge in [0.25, 0.3) is 0 Å². The van der Waals surface area contributed by atoms with Crippen molar-refractivity contribution < 1.29 is 5.11 Å². The van der Waals surface area contributed by atoms with Gasteiger partial charge in [-0.25, -0.2) is 0 Å². The van der Waals surface area contributed by atoms with Crippen molar-refractivity contribution in [1.29, 1.82) is 0 Å². The average Bonchev–Trinajstić information content (AvgIpc) is 2.39. The van der Waals surface area contributed by atoms with Gasteiger partial charge < -0.3 is 10.0 Å². The summed E-state index contributed by atoms with van der Waals surface area (Å²) in [5, 5.41) is 9.78. The first-order valence-electron chi connectivity index (χ1n) is 7.00. The smallest absolute Gasteiger partial charge is 0.0468 e. The van der Waals surface area contributed by atoms with Crippen LogP contribution in [0.1, 0.15) is 31.2 Å². The van der Waals surface area contributed by atoms with Gasteiger partial charge in [-0.05, 0) is 38.4 Å². The predicted molar refractivity (Wildman–Crippen MR) is 75.7 cm³/mol. The van der Waals surface area contributed by atoms with E-state index in [1.165, 1.54) is 24.8 Å². The predicted octanol–water partition coefficient (Wildman–Crippen LogP) is 2.67. The third-order valence-corrected chi connectivity index (χ3v) is 4.37. The fraction of sp³-hybridized carbons (Fsp3) is 0.625. The van der Waals surface area contributed by atoms with Crippen LogP contribution in [-0.4, -0.2) is 37.3 Å². The zero-order chi connectivity index (χ0) is 13.0. The molecule has 0 bridgehead atoms. The van der Waals surface area contributed by atoms with Gasteiger partial charge in [-0.3, -0.25) is 0 Å². The highest BCUT2D eigenvalue weighted by Crippen LogP contribution is 2.44. The van der Waals surface area contributed by atoms with E-state index < -0.39 is 0 Å². The number of rotatable bonds is 4. The Labute approximate surface area is 111 Å². The largest absolute Gasteiger partial charge is 0.396 e. The number of hydrogen-bond acceptors (Lipinski definition) is 2. The standard InChI is InChI=1S/C16H25NO/c1-17(2)13-16(14-8-4-3-5-9-14)11-7-6-10-15(16)12-18/h3-5,8-9,15,18H,6-7,10-13H2,1-2H3. The summed E-state index contributed by atoms with van der Waals surface area (Å²) in [7, 11) is 4.27. The molecule has 1 saturated carbocycles. The summed E-state index contributed by atoms with van der Waals surface area (Å²) in [5.41, 5.74) is 1.54. The van der Waals surface area contributed by atoms with Crippen LogP contribution < -0.4 is 0 Å². The molecule has 0 aliphatic heterocycles. The molecule has 1 aliphatic carbocycles. The second-order valence-corrected chi connectivity index (χ2v) is 5.89. The van der Waals surface area contributed by atoms with E-state index in [1.54, 1.807) is 0 Å². The molecule has 2 atom stereocenters. The first-order valence-corrected chi connectivity index (χ1v) is 7.00. The maximum absolute atomic E-state index is 9.78. The Balaban J connectivity index is 2.38. The quantitative estimate of drug-likeness (QED) is 0.884. The number of likely N-dealkylation sites (N-methyl/N-ethyl adjacent to an activating group) is 1. The van der Waals surface area contributed by atoms with Gasteiger partial charge in [0, 0.05) is 18.6 Å². The van der Waals surface area contributed by atoms with Crippen molar-refractivity contribution in [1.82, 2.24) is 4.90 Å². The van der Waals surface area contributed by atoms with E-state index in [2.05, 4.69) is 49.3 Å². The van der Waals surface area contributed by atoms with E-state index in [0.717, 1.165) is 13.0 Å². The van der Waals surface area contributed by atoms with E-state index >= 15 is 0 Å². The van der Waals surface area contributed by atoms with Crippen LogP contribution in [0.15, 0.2) is 30.3 Å². The molecule has 1 aromatic carbocycles. The minimum atomic E-state index is 0.137. The molecule has 1 aliphatic rings. The highest BCUT2D eigenvalue weighted by atomic mass is 16.3. The molecule has 2 rings (SSSR count). The summed E-state index contributed by atoms with van der Waals surface area (Å²) in [6.07, 6.45) is 4.88. The number of benzene rings is 1. The molecule has 0 amide bonds. The lowest BCUT2D eigenvalue weighted by Gasteiger charge is -2.45. The van der Waals surface area contributed by atoms with Crippen LogP contribution in [0.5, 0.6) is 0 Å². The van der Waals surface area contributed by atoms with Gasteiger partial charge in [-0.15, -0.1) is 0 Å². The van der Waals surface area contributed by atoms with Crippen molar-refractivity contribution >= 4 is 0 Å². The van der Waals surface area contributed by atoms with E-state index in [9.17, 15) is 5.11 Å². The second-order valence-electron chi connectivity index (χ2n) is 5.89. The van der Waals surface area contributed by atoms with Crippen LogP contribution in [0.2, 0.25) is 0 Å². The fourth-order valence-electron chi connectivity index (χ4n) is 3.59. The summed E-state index contributed by atoms with van der Waals surface area (Å²) in [5.74, 6) is 0.399. The minimum Gasteiger partial charge on any atom is -0.396 e. The molecular formula is C16H25NO. The Kier molecular flexibility index (Phi) is 4.41. The van der Waals surface area contributed by atoms with Crippen molar-refractivity contribution in [2.24, 2.45) is 5.92 Å². The molecule has 0 spiro atoms. The maximum Gasteiger partial charge on any atom is 0.0468 e. The molecule has 0 radical (unpaired) electrons. The highest BCUT2D eigenvalue weighted by Gasteiger charge is 2.41. The van der Waals surface area contributed by atoms with Crippen LogP contribution >= 0.6 is 0 Å². The number of aliphatic hydroxyl groups excluding tert-OH is 1. The van der Waals surface area contributed by atoms with Gasteiger partial charge in [-0.2, -0.15) is 0 Å². The summed E-state index contributed by atoms with van der Waals surface area (Å²) >= 11 is 0. The molecule has 1 fully saturated rings. The molecule has 0 saturated heterocycles. The first-order chi connectivity index (χ1) is 8.69. The first kappa shape index (κ1) is 13.6. The number of aliphatic hydroxyl groups is 1. The summed E-state index contributed by atoms with van der Waals surface area (Å²) in [4.78, 5) is 2.26. The molecule has 1 N–H and O–H groups in total. The van der Waals surface area contributed by atoms with E-state index in [0.29, 0.717) is 12.5 Å². The minimum absolute atomic E-state index is 0.137. The fourth-order valence-corrected chi connectivity index (χ4v) is 3.59. The van der Waals surface area contributed by atoms with Gasteiger partial charge in [0.2, 0.25) is 0 Å². The SMILES string of the molecule is CN(C)CC1(c2ccccc2)CCCCC1CO. The molecule has 2 heteroatoms. The zero-order valence-corrected chi connectivity index (χ0v) is 11.6. The molecule has 100 valence electrons. The third kappa shape index (κ3) is 2.60. The average molecular weight is 247 g/mol. The lowest BCUT2D eigenvalue weighted by atomic mass is 9.62. The Morgan fingerprint density at radius 2 is 1.94 bits per heavy atom. The monoisotopic (exact) mass is 247 g/mol. The van der Waals surface area contributed by atoms with E-state index in [-0.39, 0.29) is 5.41 Å². The van der Waals surface area contributed by atoms with Crippen LogP contribution in [-0.2, 0) is 5.41 Å². The third-order valence-electron chi connectivity index (χ3n) is 4.37. The van der Waals surface area contributed by atoms with Crippen LogP contribution in [0.4, 0.5) is 0 Å². The van der Waals surface area contributed by atoms with E-state index in [1.807, 2.05) is 0 Å². The van der Waals surface area contributed by atoms with Gasteiger partial charge in [0.15, 0.2) is 0 Å². The molecular weight excluding hydrogens is 222 g/mol. The molecule has 0 aromatic heterocycles. The second kappa shape index (κ2) is 5.85. The van der Waals surface area contributed by atoms with Crippen LogP contribution in [0.25, 0.3) is 0 Å². The number of nitrogens with zero attached hydrogens (tertiary/aromatic N) is 1. The Morgan fingerprint density at radius 1 is 1.22 bits per heavy atom. The Bertz CT molecular complexity index is 363. The Morgan fingerprint density at radius 3 is 2.56 bits per heavy atom. The lowest BCUT2D eigenvalue weighted by Crippen LogP contribution is -2.47.